The van der Waals surface area contributed by atoms with Gasteiger partial charge >= 0.3 is 0 Å². The van der Waals surface area contributed by atoms with Gasteiger partial charge in [-0.3, -0.25) is 10.1 Å². The Labute approximate surface area is 149 Å². The van der Waals surface area contributed by atoms with E-state index >= 15 is 0 Å². The first-order chi connectivity index (χ1) is 12.7. The summed E-state index contributed by atoms with van der Waals surface area (Å²) in [5, 5.41) is 28.4. The lowest BCUT2D eigenvalue weighted by Gasteiger charge is -2.00. The summed E-state index contributed by atoms with van der Waals surface area (Å²) in [5.41, 5.74) is 2.27. The molecule has 10 heteroatoms. The van der Waals surface area contributed by atoms with E-state index in [-0.39, 0.29) is 5.69 Å². The number of nitrogens with zero attached hydrogens (tertiary/aromatic N) is 6. The lowest BCUT2D eigenvalue weighted by molar-refractivity contribution is -0.384. The van der Waals surface area contributed by atoms with Crippen molar-refractivity contribution in [3.05, 3.63) is 58.6 Å². The van der Waals surface area contributed by atoms with Crippen LogP contribution >= 0.6 is 11.3 Å². The summed E-state index contributed by atoms with van der Waals surface area (Å²) in [6.45, 7) is 0. The molecule has 26 heavy (non-hydrogen) atoms. The number of nitro benzene ring substituents is 1. The number of hydrogen-bond donors (Lipinski definition) is 1. The molecule has 0 unspecified atom stereocenters. The van der Waals surface area contributed by atoms with Crippen molar-refractivity contribution in [1.29, 1.82) is 0 Å². The maximum absolute atomic E-state index is 10.7. The monoisotopic (exact) mass is 363 g/mol. The van der Waals surface area contributed by atoms with Crippen LogP contribution in [0.25, 0.3) is 27.4 Å². The lowest BCUT2D eigenvalue weighted by atomic mass is 10.2. The molecule has 126 valence electrons. The molecular weight excluding hydrogens is 354 g/mol. The van der Waals surface area contributed by atoms with Crippen LogP contribution in [0.3, 0.4) is 0 Å². The maximum atomic E-state index is 10.7. The number of aromatic nitrogens is 5. The molecule has 3 aromatic rings. The van der Waals surface area contributed by atoms with E-state index in [2.05, 4.69) is 25.6 Å². The summed E-state index contributed by atoms with van der Waals surface area (Å²) < 4.78 is 1.65. The highest BCUT2D eigenvalue weighted by atomic mass is 32.1. The lowest BCUT2D eigenvalue weighted by Crippen LogP contribution is -2.00. The zero-order chi connectivity index (χ0) is 17.7. The SMILES string of the molecule is O=[N+]([O-])c1ccc(Nc2nn3c4nc5ccccc5c-4nnc3s2)cc1. The molecular formula is C16H9N7O2S. The molecule has 0 spiro atoms. The van der Waals surface area contributed by atoms with Gasteiger partial charge < -0.3 is 5.32 Å². The van der Waals surface area contributed by atoms with Gasteiger partial charge in [-0.05, 0) is 18.2 Å². The molecule has 0 saturated carbocycles. The third-order valence-electron chi connectivity index (χ3n) is 3.92. The number of hydrogen-bond acceptors (Lipinski definition) is 8. The fourth-order valence-electron chi connectivity index (χ4n) is 2.72. The van der Waals surface area contributed by atoms with Crippen molar-refractivity contribution in [2.45, 2.75) is 0 Å². The molecule has 0 aliphatic carbocycles. The molecule has 9 nitrogen and oxygen atoms in total. The van der Waals surface area contributed by atoms with Gasteiger partial charge in [-0.2, -0.15) is 4.52 Å². The maximum Gasteiger partial charge on any atom is 0.269 e. The van der Waals surface area contributed by atoms with E-state index in [0.29, 0.717) is 27.3 Å². The number of non-ortho nitro benzene ring substituents is 1. The Bertz CT molecular complexity index is 1240. The van der Waals surface area contributed by atoms with E-state index in [4.69, 9.17) is 0 Å². The smallest absolute Gasteiger partial charge is 0.269 e. The largest absolute Gasteiger partial charge is 0.330 e. The van der Waals surface area contributed by atoms with E-state index in [1.807, 2.05) is 24.3 Å². The zero-order valence-corrected chi connectivity index (χ0v) is 13.8. The van der Waals surface area contributed by atoms with Crippen LogP contribution in [0.1, 0.15) is 0 Å². The van der Waals surface area contributed by atoms with E-state index in [9.17, 15) is 10.1 Å². The quantitative estimate of drug-likeness (QED) is 0.386. The van der Waals surface area contributed by atoms with Gasteiger partial charge in [-0.25, -0.2) is 4.98 Å². The first-order valence-electron chi connectivity index (χ1n) is 7.61. The highest BCUT2D eigenvalue weighted by Gasteiger charge is 2.19. The summed E-state index contributed by atoms with van der Waals surface area (Å²) in [6, 6.07) is 13.9. The van der Waals surface area contributed by atoms with Crippen molar-refractivity contribution in [2.75, 3.05) is 5.32 Å². The van der Waals surface area contributed by atoms with Gasteiger partial charge in [0.05, 0.1) is 10.4 Å². The Hall–Kier alpha value is -3.66. The summed E-state index contributed by atoms with van der Waals surface area (Å²) in [6.07, 6.45) is 0. The van der Waals surface area contributed by atoms with E-state index in [1.165, 1.54) is 23.5 Å². The molecule has 2 aromatic carbocycles. The number of para-hydroxylation sites is 1. The highest BCUT2D eigenvalue weighted by molar-refractivity contribution is 7.20. The van der Waals surface area contributed by atoms with E-state index < -0.39 is 4.92 Å². The second kappa shape index (κ2) is 5.43. The Morgan fingerprint density at radius 1 is 1.08 bits per heavy atom. The van der Waals surface area contributed by atoms with Crippen molar-refractivity contribution in [1.82, 2.24) is 24.8 Å². The minimum Gasteiger partial charge on any atom is -0.330 e. The van der Waals surface area contributed by atoms with Crippen molar-refractivity contribution in [3.8, 4) is 11.5 Å². The van der Waals surface area contributed by atoms with Crippen LogP contribution in [0.2, 0.25) is 0 Å². The molecule has 0 atom stereocenters. The van der Waals surface area contributed by atoms with Gasteiger partial charge in [0.15, 0.2) is 5.82 Å². The number of anilines is 2. The average Bonchev–Trinajstić information content (AvgIpc) is 3.22. The third-order valence-corrected chi connectivity index (χ3v) is 4.74. The minimum atomic E-state index is -0.435. The van der Waals surface area contributed by atoms with Gasteiger partial charge in [-0.15, -0.1) is 15.3 Å². The second-order valence-electron chi connectivity index (χ2n) is 5.53. The molecule has 1 N–H and O–H groups in total. The van der Waals surface area contributed by atoms with Gasteiger partial charge in [0.1, 0.15) is 5.69 Å². The molecule has 0 radical (unpaired) electrons. The van der Waals surface area contributed by atoms with Gasteiger partial charge in [0.2, 0.25) is 10.1 Å². The van der Waals surface area contributed by atoms with Crippen molar-refractivity contribution in [3.63, 3.8) is 0 Å². The van der Waals surface area contributed by atoms with Crippen LogP contribution in [0.15, 0.2) is 48.5 Å². The Balaban J connectivity index is 1.56. The number of fused-ring (bicyclic) bond motifs is 5. The molecule has 3 heterocycles. The number of rotatable bonds is 3. The van der Waals surface area contributed by atoms with E-state index in [1.54, 1.807) is 16.6 Å². The van der Waals surface area contributed by atoms with Crippen molar-refractivity contribution >= 4 is 43.7 Å². The number of benzene rings is 2. The molecule has 0 amide bonds. The Kier molecular flexibility index (Phi) is 3.06. The third kappa shape index (κ3) is 2.24. The van der Waals surface area contributed by atoms with Crippen LogP contribution < -0.4 is 5.32 Å². The van der Waals surface area contributed by atoms with Crippen LogP contribution in [0.5, 0.6) is 0 Å². The summed E-state index contributed by atoms with van der Waals surface area (Å²) >= 11 is 1.32. The molecule has 0 saturated heterocycles. The summed E-state index contributed by atoms with van der Waals surface area (Å²) in [4.78, 5) is 15.5. The first-order valence-corrected chi connectivity index (χ1v) is 8.43. The topological polar surface area (TPSA) is 111 Å². The molecule has 1 aromatic heterocycles. The van der Waals surface area contributed by atoms with Crippen LogP contribution in [0.4, 0.5) is 16.5 Å². The van der Waals surface area contributed by atoms with Crippen molar-refractivity contribution < 1.29 is 4.92 Å². The predicted molar refractivity (Wildman–Crippen MR) is 97.0 cm³/mol. The number of nitro groups is 1. The zero-order valence-electron chi connectivity index (χ0n) is 13.0. The standard InChI is InChI=1S/C16H9N7O2S/c24-23(25)10-7-5-9(6-8-10)17-15-21-22-14-13(19-20-16(22)26-15)11-3-1-2-4-12(11)18-14/h1-8H,(H,17,21). The molecule has 0 bridgehead atoms. The van der Waals surface area contributed by atoms with Gasteiger partial charge in [-0.1, -0.05) is 29.5 Å². The van der Waals surface area contributed by atoms with E-state index in [0.717, 1.165) is 10.9 Å². The molecule has 2 aliphatic heterocycles. The fraction of sp³-hybridized carbons (Fsp3) is 0. The van der Waals surface area contributed by atoms with Crippen molar-refractivity contribution in [2.24, 2.45) is 0 Å². The van der Waals surface area contributed by atoms with Crippen LogP contribution in [-0.4, -0.2) is 29.7 Å². The summed E-state index contributed by atoms with van der Waals surface area (Å²) in [5.74, 6) is 0.643. The molecule has 5 rings (SSSR count). The second-order valence-corrected chi connectivity index (χ2v) is 6.49. The average molecular weight is 363 g/mol. The van der Waals surface area contributed by atoms with Gasteiger partial charge in [0.25, 0.3) is 5.69 Å². The van der Waals surface area contributed by atoms with Crippen LogP contribution in [0, 0.1) is 10.1 Å². The molecule has 0 fully saturated rings. The normalized spacial score (nSPS) is 11.4. The van der Waals surface area contributed by atoms with Gasteiger partial charge in [0, 0.05) is 23.2 Å². The summed E-state index contributed by atoms with van der Waals surface area (Å²) in [7, 11) is 0. The Morgan fingerprint density at radius 3 is 2.69 bits per heavy atom. The minimum absolute atomic E-state index is 0.0366. The van der Waals surface area contributed by atoms with Crippen LogP contribution in [-0.2, 0) is 0 Å². The first kappa shape index (κ1) is 14.7. The fourth-order valence-corrected chi connectivity index (χ4v) is 3.48. The molecule has 2 aliphatic rings. The number of nitrogens with one attached hydrogen (secondary N) is 1. The Morgan fingerprint density at radius 2 is 1.88 bits per heavy atom. The predicted octanol–water partition coefficient (Wildman–Crippen LogP) is 3.49. The highest BCUT2D eigenvalue weighted by Crippen LogP contribution is 2.31.